The van der Waals surface area contributed by atoms with Gasteiger partial charge in [0.1, 0.15) is 16.9 Å². The molecule has 5 rings (SSSR count). The van der Waals surface area contributed by atoms with Crippen molar-refractivity contribution in [1.82, 2.24) is 14.0 Å². The van der Waals surface area contributed by atoms with Crippen molar-refractivity contribution in [1.29, 1.82) is 0 Å². The van der Waals surface area contributed by atoms with E-state index in [0.717, 1.165) is 39.0 Å². The van der Waals surface area contributed by atoms with Crippen LogP contribution in [0.25, 0.3) is 44.8 Å². The second-order valence-corrected chi connectivity index (χ2v) is 5.40. The van der Waals surface area contributed by atoms with Crippen molar-refractivity contribution in [3.63, 3.8) is 0 Å². The van der Waals surface area contributed by atoms with Crippen LogP contribution in [0.5, 0.6) is 0 Å². The second-order valence-electron chi connectivity index (χ2n) is 5.40. The first-order chi connectivity index (χ1) is 11.3. The molecule has 5 nitrogen and oxygen atoms in total. The minimum absolute atomic E-state index is 0.520. The lowest BCUT2D eigenvalue weighted by Gasteiger charge is -2.01. The molecule has 0 aliphatic heterocycles. The summed E-state index contributed by atoms with van der Waals surface area (Å²) in [6, 6.07) is 15.9. The van der Waals surface area contributed by atoms with E-state index in [1.54, 1.807) is 0 Å². The molecule has 0 N–H and O–H groups in total. The van der Waals surface area contributed by atoms with Gasteiger partial charge in [-0.05, 0) is 31.0 Å². The van der Waals surface area contributed by atoms with Crippen molar-refractivity contribution in [3.8, 4) is 0 Å². The van der Waals surface area contributed by atoms with Gasteiger partial charge in [-0.3, -0.25) is 4.57 Å². The minimum Gasteiger partial charge on any atom is -0.437 e. The predicted octanol–water partition coefficient (Wildman–Crippen LogP) is 4.32. The monoisotopic (exact) mass is 300 g/mol. The van der Waals surface area contributed by atoms with Crippen molar-refractivity contribution < 1.29 is 4.42 Å². The summed E-state index contributed by atoms with van der Waals surface area (Å²) in [6.07, 6.45) is 0. The maximum absolute atomic E-state index is 6.11. The maximum atomic E-state index is 6.11. The van der Waals surface area contributed by atoms with Crippen LogP contribution in [-0.4, -0.2) is 20.7 Å². The maximum Gasteiger partial charge on any atom is 0.232 e. The Kier molecular flexibility index (Phi) is 2.18. The lowest BCUT2D eigenvalue weighted by atomic mass is 10.2. The summed E-state index contributed by atoms with van der Waals surface area (Å²) in [6.45, 7) is 7.62. The first-order valence-electron chi connectivity index (χ1n) is 7.25. The zero-order chi connectivity index (χ0) is 15.6. The molecule has 0 fully saturated rings. The zero-order valence-corrected chi connectivity index (χ0v) is 12.2. The van der Waals surface area contributed by atoms with E-state index < -0.39 is 0 Å². The average molecular weight is 300 g/mol. The van der Waals surface area contributed by atoms with Crippen LogP contribution in [0, 0.1) is 0 Å². The van der Waals surface area contributed by atoms with Gasteiger partial charge >= 0.3 is 0 Å². The molecular formula is C18H12N4O. The molecule has 0 atom stereocenters. The molecule has 3 heterocycles. The number of furan rings is 1. The van der Waals surface area contributed by atoms with E-state index in [1.807, 2.05) is 57.5 Å². The SMILES string of the molecule is C=NC(=C)n1c2c3ccccc3oc2n2c3ccccc3nc12. The molecule has 110 valence electrons. The Bertz CT molecular complexity index is 1250. The van der Waals surface area contributed by atoms with Crippen LogP contribution < -0.4 is 0 Å². The molecule has 0 saturated carbocycles. The van der Waals surface area contributed by atoms with E-state index in [0.29, 0.717) is 5.82 Å². The molecule has 0 aliphatic rings. The zero-order valence-electron chi connectivity index (χ0n) is 12.2. The number of rotatable bonds is 2. The molecule has 5 aromatic rings. The highest BCUT2D eigenvalue weighted by Gasteiger charge is 2.22. The van der Waals surface area contributed by atoms with Crippen molar-refractivity contribution in [2.24, 2.45) is 4.99 Å². The summed E-state index contributed by atoms with van der Waals surface area (Å²) < 4.78 is 10.0. The third kappa shape index (κ3) is 1.41. The van der Waals surface area contributed by atoms with Gasteiger partial charge < -0.3 is 4.42 Å². The highest BCUT2D eigenvalue weighted by molar-refractivity contribution is 6.06. The Morgan fingerprint density at radius 1 is 1.09 bits per heavy atom. The summed E-state index contributed by atoms with van der Waals surface area (Å²) in [7, 11) is 0. The molecule has 0 radical (unpaired) electrons. The lowest BCUT2D eigenvalue weighted by molar-refractivity contribution is 0.651. The molecule has 0 saturated heterocycles. The number of hydrogen-bond acceptors (Lipinski definition) is 3. The first-order valence-corrected chi connectivity index (χ1v) is 7.25. The van der Waals surface area contributed by atoms with Crippen LogP contribution in [0.3, 0.4) is 0 Å². The van der Waals surface area contributed by atoms with Gasteiger partial charge in [0, 0.05) is 5.39 Å². The van der Waals surface area contributed by atoms with Crippen LogP contribution >= 0.6 is 0 Å². The fraction of sp³-hybridized carbons (Fsp3) is 0. The van der Waals surface area contributed by atoms with Crippen LogP contribution in [0.15, 0.2) is 64.5 Å². The number of aliphatic imine (C=N–C) groups is 1. The van der Waals surface area contributed by atoms with E-state index in [2.05, 4.69) is 18.3 Å². The van der Waals surface area contributed by atoms with Crippen molar-refractivity contribution in [3.05, 3.63) is 55.1 Å². The molecule has 0 aliphatic carbocycles. The Balaban J connectivity index is 2.15. The Morgan fingerprint density at radius 2 is 1.87 bits per heavy atom. The summed E-state index contributed by atoms with van der Waals surface area (Å²) in [5, 5.41) is 1.00. The molecule has 5 heteroatoms. The molecule has 0 amide bonds. The number of fused-ring (bicyclic) bond motifs is 7. The molecule has 23 heavy (non-hydrogen) atoms. The molecule has 0 bridgehead atoms. The normalized spacial score (nSPS) is 11.8. The number of benzene rings is 2. The fourth-order valence-electron chi connectivity index (χ4n) is 3.17. The molecule has 0 unspecified atom stereocenters. The van der Waals surface area contributed by atoms with Gasteiger partial charge in [-0.2, -0.15) is 0 Å². The number of aromatic nitrogens is 3. The van der Waals surface area contributed by atoms with Crippen LogP contribution in [0.4, 0.5) is 0 Å². The number of hydrogen-bond donors (Lipinski definition) is 0. The third-order valence-electron chi connectivity index (χ3n) is 4.16. The van der Waals surface area contributed by atoms with E-state index in [1.165, 1.54) is 0 Å². The van der Waals surface area contributed by atoms with E-state index in [4.69, 9.17) is 9.40 Å². The highest BCUT2D eigenvalue weighted by atomic mass is 16.3. The van der Waals surface area contributed by atoms with Crippen LogP contribution in [0.2, 0.25) is 0 Å². The summed E-state index contributed by atoms with van der Waals surface area (Å²) >= 11 is 0. The van der Waals surface area contributed by atoms with Gasteiger partial charge in [-0.1, -0.05) is 30.8 Å². The predicted molar refractivity (Wildman–Crippen MR) is 92.8 cm³/mol. The quantitative estimate of drug-likeness (QED) is 0.456. The number of para-hydroxylation sites is 3. The Labute approximate surface area is 130 Å². The molecule has 3 aromatic heterocycles. The van der Waals surface area contributed by atoms with Gasteiger partial charge in [0.15, 0.2) is 0 Å². The largest absolute Gasteiger partial charge is 0.437 e. The van der Waals surface area contributed by atoms with Crippen LogP contribution in [0.1, 0.15) is 0 Å². The lowest BCUT2D eigenvalue weighted by Crippen LogP contribution is -1.94. The molecular weight excluding hydrogens is 288 g/mol. The summed E-state index contributed by atoms with van der Waals surface area (Å²) in [5.41, 5.74) is 4.35. The van der Waals surface area contributed by atoms with Gasteiger partial charge in [-0.25, -0.2) is 14.4 Å². The Morgan fingerprint density at radius 3 is 2.74 bits per heavy atom. The smallest absolute Gasteiger partial charge is 0.232 e. The molecule has 2 aromatic carbocycles. The van der Waals surface area contributed by atoms with E-state index in [-0.39, 0.29) is 0 Å². The second kappa shape index (κ2) is 4.10. The van der Waals surface area contributed by atoms with E-state index >= 15 is 0 Å². The standard InChI is InChI=1S/C18H12N4O/c1-11(19-2)21-16-12-7-3-6-10-15(12)23-17(16)22-14-9-5-4-8-13(14)20-18(21)22/h3-10H,1-2H2. The first kappa shape index (κ1) is 12.2. The average Bonchev–Trinajstić information content (AvgIpc) is 3.21. The topological polar surface area (TPSA) is 47.7 Å². The third-order valence-corrected chi connectivity index (χ3v) is 4.16. The number of imidazole rings is 2. The fourth-order valence-corrected chi connectivity index (χ4v) is 3.17. The van der Waals surface area contributed by atoms with Crippen molar-refractivity contribution in [2.45, 2.75) is 0 Å². The summed E-state index contributed by atoms with van der Waals surface area (Å²) in [4.78, 5) is 8.73. The minimum atomic E-state index is 0.520. The van der Waals surface area contributed by atoms with Gasteiger partial charge in [0.05, 0.1) is 11.0 Å². The van der Waals surface area contributed by atoms with Gasteiger partial charge in [0.25, 0.3) is 0 Å². The Hall–Kier alpha value is -3.34. The van der Waals surface area contributed by atoms with Gasteiger partial charge in [0.2, 0.25) is 11.5 Å². The van der Waals surface area contributed by atoms with Crippen molar-refractivity contribution in [2.75, 3.05) is 0 Å². The molecule has 0 spiro atoms. The van der Waals surface area contributed by atoms with Crippen molar-refractivity contribution >= 4 is 51.5 Å². The van der Waals surface area contributed by atoms with Gasteiger partial charge in [-0.15, -0.1) is 0 Å². The number of nitrogens with zero attached hydrogens (tertiary/aromatic N) is 4. The highest BCUT2D eigenvalue weighted by Crippen LogP contribution is 2.35. The van der Waals surface area contributed by atoms with E-state index in [9.17, 15) is 0 Å². The summed E-state index contributed by atoms with van der Waals surface area (Å²) in [5.74, 6) is 1.25. The van der Waals surface area contributed by atoms with Crippen LogP contribution in [-0.2, 0) is 0 Å².